The summed E-state index contributed by atoms with van der Waals surface area (Å²) in [5.74, 6) is 0. The van der Waals surface area contributed by atoms with Crippen LogP contribution in [0, 0.1) is 27.4 Å². The summed E-state index contributed by atoms with van der Waals surface area (Å²) in [6, 6.07) is 12.8. The van der Waals surface area contributed by atoms with Crippen LogP contribution in [0.5, 0.6) is 0 Å². The lowest BCUT2D eigenvalue weighted by atomic mass is 10.3. The van der Waals surface area contributed by atoms with Crippen LogP contribution < -0.4 is 21.2 Å². The van der Waals surface area contributed by atoms with Crippen LogP contribution in [0.2, 0.25) is 0 Å². The second kappa shape index (κ2) is 8.62. The molecule has 12 heteroatoms. The van der Waals surface area contributed by atoms with E-state index in [0.29, 0.717) is 0 Å². The predicted molar refractivity (Wildman–Crippen MR) is 77.8 cm³/mol. The molecule has 0 unspecified atom stereocenters. The number of nitro benzene ring substituents is 2. The van der Waals surface area contributed by atoms with E-state index in [1.807, 2.05) is 0 Å². The van der Waals surface area contributed by atoms with E-state index >= 15 is 0 Å². The Morgan fingerprint density at radius 2 is 1.17 bits per heavy atom. The summed E-state index contributed by atoms with van der Waals surface area (Å²) in [6.07, 6.45) is 0. The van der Waals surface area contributed by atoms with E-state index in [0.717, 1.165) is 7.14 Å². The minimum Gasteiger partial charge on any atom is -0.264 e. The van der Waals surface area contributed by atoms with Crippen LogP contribution in [0.25, 0.3) is 0 Å². The SMILES string of the molecule is O=S(=O)(O)O.O=[N+]([O-])c1cccc([I+]c2cccc([N+](=O)[O-])c2)c1. The smallest absolute Gasteiger partial charge is 0.264 e. The molecule has 128 valence electrons. The van der Waals surface area contributed by atoms with Crippen LogP contribution in [0.3, 0.4) is 0 Å². The number of non-ortho nitro benzene ring substituents is 2. The summed E-state index contributed by atoms with van der Waals surface area (Å²) in [5.41, 5.74) is 0.0882. The van der Waals surface area contributed by atoms with E-state index in [4.69, 9.17) is 17.5 Å². The third-order valence-electron chi connectivity index (χ3n) is 2.26. The van der Waals surface area contributed by atoms with Gasteiger partial charge < -0.3 is 0 Å². The number of benzene rings is 2. The molecule has 2 N–H and O–H groups in total. The van der Waals surface area contributed by atoms with E-state index < -0.39 is 41.5 Å². The van der Waals surface area contributed by atoms with Crippen molar-refractivity contribution >= 4 is 21.8 Å². The summed E-state index contributed by atoms with van der Waals surface area (Å²) in [5, 5.41) is 21.4. The Labute approximate surface area is 146 Å². The molecule has 0 saturated heterocycles. The average Bonchev–Trinajstić information content (AvgIpc) is 2.46. The van der Waals surface area contributed by atoms with Crippen molar-refractivity contribution in [2.75, 3.05) is 0 Å². The third kappa shape index (κ3) is 7.91. The molecular formula is C12H10IN2O8S+. The van der Waals surface area contributed by atoms with Crippen molar-refractivity contribution in [1.82, 2.24) is 0 Å². The Morgan fingerprint density at radius 1 is 0.833 bits per heavy atom. The molecule has 2 rings (SSSR count). The molecule has 0 saturated carbocycles. The Kier molecular flexibility index (Phi) is 7.15. The molecule has 0 atom stereocenters. The average molecular weight is 469 g/mol. The van der Waals surface area contributed by atoms with Crippen LogP contribution in [0.4, 0.5) is 11.4 Å². The fraction of sp³-hybridized carbons (Fsp3) is 0. The van der Waals surface area contributed by atoms with Crippen LogP contribution in [0.15, 0.2) is 48.5 Å². The van der Waals surface area contributed by atoms with Gasteiger partial charge in [0.25, 0.3) is 11.4 Å². The van der Waals surface area contributed by atoms with Gasteiger partial charge >= 0.3 is 31.6 Å². The van der Waals surface area contributed by atoms with Gasteiger partial charge in [-0.15, -0.1) is 0 Å². The predicted octanol–water partition coefficient (Wildman–Crippen LogP) is -1.02. The molecule has 0 aliphatic heterocycles. The molecule has 24 heavy (non-hydrogen) atoms. The second-order valence-electron chi connectivity index (χ2n) is 4.02. The van der Waals surface area contributed by atoms with E-state index in [-0.39, 0.29) is 11.4 Å². The van der Waals surface area contributed by atoms with Crippen molar-refractivity contribution < 1.29 is 48.6 Å². The Balaban J connectivity index is 0.000000505. The van der Waals surface area contributed by atoms with Crippen LogP contribution in [-0.4, -0.2) is 27.4 Å². The van der Waals surface area contributed by atoms with Gasteiger partial charge in [-0.3, -0.25) is 29.3 Å². The van der Waals surface area contributed by atoms with Crippen molar-refractivity contribution in [2.24, 2.45) is 0 Å². The summed E-state index contributed by atoms with van der Waals surface area (Å²) in [4.78, 5) is 20.5. The van der Waals surface area contributed by atoms with Gasteiger partial charge in [0.2, 0.25) is 7.14 Å². The van der Waals surface area contributed by atoms with Gasteiger partial charge in [-0.1, -0.05) is 12.1 Å². The van der Waals surface area contributed by atoms with Crippen molar-refractivity contribution in [3.63, 3.8) is 0 Å². The van der Waals surface area contributed by atoms with Gasteiger partial charge in [0, 0.05) is 12.1 Å². The van der Waals surface area contributed by atoms with E-state index in [1.165, 1.54) is 24.3 Å². The summed E-state index contributed by atoms with van der Waals surface area (Å²) < 4.78 is 33.3. The molecule has 0 spiro atoms. The minimum atomic E-state index is -4.67. The molecular weight excluding hydrogens is 459 g/mol. The molecule has 0 aliphatic rings. The van der Waals surface area contributed by atoms with Crippen LogP contribution in [-0.2, 0) is 10.4 Å². The first kappa shape index (κ1) is 19.9. The number of hydrogen-bond donors (Lipinski definition) is 2. The van der Waals surface area contributed by atoms with Crippen molar-refractivity contribution in [3.05, 3.63) is 75.9 Å². The second-order valence-corrected chi connectivity index (χ2v) is 7.94. The van der Waals surface area contributed by atoms with Crippen LogP contribution >= 0.6 is 0 Å². The van der Waals surface area contributed by atoms with Crippen molar-refractivity contribution in [1.29, 1.82) is 0 Å². The maximum absolute atomic E-state index is 10.7. The van der Waals surface area contributed by atoms with Crippen molar-refractivity contribution in [2.45, 2.75) is 0 Å². The lowest BCUT2D eigenvalue weighted by Gasteiger charge is -1.91. The molecule has 0 aromatic heterocycles. The summed E-state index contributed by atoms with van der Waals surface area (Å²) in [6.45, 7) is 0. The molecule has 0 amide bonds. The van der Waals surface area contributed by atoms with Crippen molar-refractivity contribution in [3.8, 4) is 0 Å². The largest absolute Gasteiger partial charge is 0.394 e. The number of nitrogens with zero attached hydrogens (tertiary/aromatic N) is 2. The molecule has 0 aliphatic carbocycles. The molecule has 0 heterocycles. The fourth-order valence-electron chi connectivity index (χ4n) is 1.42. The minimum absolute atomic E-state index is 0.0441. The quantitative estimate of drug-likeness (QED) is 0.249. The Bertz CT molecular complexity index is 792. The lowest BCUT2D eigenvalue weighted by molar-refractivity contribution is -0.598. The number of nitro groups is 2. The fourth-order valence-corrected chi connectivity index (χ4v) is 3.87. The van der Waals surface area contributed by atoms with Crippen LogP contribution in [0.1, 0.15) is 0 Å². The van der Waals surface area contributed by atoms with Gasteiger partial charge in [-0.25, -0.2) is 0 Å². The highest BCUT2D eigenvalue weighted by atomic mass is 127. The molecule has 0 radical (unpaired) electrons. The molecule has 2 aromatic carbocycles. The zero-order valence-corrected chi connectivity index (χ0v) is 14.6. The molecule has 0 fully saturated rings. The number of rotatable bonds is 4. The Hall–Kier alpha value is -2.16. The van der Waals surface area contributed by atoms with E-state index in [9.17, 15) is 20.2 Å². The third-order valence-corrected chi connectivity index (χ3v) is 4.84. The number of hydrogen-bond acceptors (Lipinski definition) is 6. The van der Waals surface area contributed by atoms with E-state index in [2.05, 4.69) is 0 Å². The van der Waals surface area contributed by atoms with Gasteiger partial charge in [-0.05, 0) is 12.1 Å². The standard InChI is InChI=1S/C12H8IN2O4.H2O4S/c16-14(17)11-5-1-3-9(7-11)13-10-4-2-6-12(8-10)15(18)19;1-5(2,3)4/h1-8H;(H2,1,2,3,4)/q+1;. The first-order valence-corrected chi connectivity index (χ1v) is 9.45. The zero-order valence-electron chi connectivity index (χ0n) is 11.6. The molecule has 0 bridgehead atoms. The lowest BCUT2D eigenvalue weighted by Crippen LogP contribution is -3.61. The highest BCUT2D eigenvalue weighted by Gasteiger charge is 2.21. The maximum Gasteiger partial charge on any atom is 0.394 e. The first-order valence-electron chi connectivity index (χ1n) is 5.90. The zero-order chi connectivity index (χ0) is 18.3. The van der Waals surface area contributed by atoms with Gasteiger partial charge in [-0.2, -0.15) is 8.42 Å². The Morgan fingerprint density at radius 3 is 1.46 bits per heavy atom. The topological polar surface area (TPSA) is 161 Å². The highest BCUT2D eigenvalue weighted by Crippen LogP contribution is 2.09. The number of halogens is 1. The molecule has 10 nitrogen and oxygen atoms in total. The van der Waals surface area contributed by atoms with Gasteiger partial charge in [0.1, 0.15) is 0 Å². The monoisotopic (exact) mass is 469 g/mol. The first-order chi connectivity index (χ1) is 11.1. The maximum atomic E-state index is 10.7. The highest BCUT2D eigenvalue weighted by molar-refractivity contribution is 7.79. The molecule has 2 aromatic rings. The normalized spacial score (nSPS) is 10.4. The summed E-state index contributed by atoms with van der Waals surface area (Å²) in [7, 11) is -4.67. The van der Waals surface area contributed by atoms with Gasteiger partial charge in [0.05, 0.1) is 22.0 Å². The van der Waals surface area contributed by atoms with E-state index in [1.54, 1.807) is 24.3 Å². The summed E-state index contributed by atoms with van der Waals surface area (Å²) >= 11 is -0.665. The van der Waals surface area contributed by atoms with Gasteiger partial charge in [0.15, 0.2) is 0 Å².